The van der Waals surface area contributed by atoms with Crippen LogP contribution < -0.4 is 5.73 Å². The van der Waals surface area contributed by atoms with Crippen LogP contribution in [0.15, 0.2) is 42.7 Å². The third kappa shape index (κ3) is 4.56. The Hall–Kier alpha value is -2.93. The summed E-state index contributed by atoms with van der Waals surface area (Å²) in [6.45, 7) is 2.22. The molecule has 2 aromatic heterocycles. The van der Waals surface area contributed by atoms with E-state index in [1.807, 2.05) is 11.0 Å². The fourth-order valence-electron chi connectivity index (χ4n) is 4.10. The van der Waals surface area contributed by atoms with Gasteiger partial charge in [-0.3, -0.25) is 9.69 Å². The van der Waals surface area contributed by atoms with E-state index in [1.165, 1.54) is 10.9 Å². The summed E-state index contributed by atoms with van der Waals surface area (Å²) in [6.07, 6.45) is 7.11. The van der Waals surface area contributed by atoms with Crippen molar-refractivity contribution >= 4 is 22.6 Å². The number of nitrogen functional groups attached to an aromatic ring is 1. The predicted molar refractivity (Wildman–Crippen MR) is 114 cm³/mol. The molecular weight excluding hydrogens is 364 g/mol. The van der Waals surface area contributed by atoms with E-state index >= 15 is 0 Å². The summed E-state index contributed by atoms with van der Waals surface area (Å²) < 4.78 is 0. The molecule has 0 bridgehead atoms. The standard InChI is InChI=1S/C22H28N6O/c1-27(15-21-24-11-9-20(23)26-21)17-10-12-28(14-17)22(29)8-4-5-16-13-25-19-7-3-2-6-18(16)19/h2-3,6-7,9,11,13,17,25H,4-5,8,10,12,14-15H2,1H3,(H2,23,24,26)/t17-/m1/s1. The quantitative estimate of drug-likeness (QED) is 0.645. The van der Waals surface area contributed by atoms with Crippen LogP contribution in [0.5, 0.6) is 0 Å². The molecule has 0 aliphatic carbocycles. The third-order valence-electron chi connectivity index (χ3n) is 5.77. The highest BCUT2D eigenvalue weighted by Gasteiger charge is 2.28. The SMILES string of the molecule is CN(Cc1nccc(N)n1)[C@@H]1CCN(C(=O)CCCc2c[nH]c3ccccc23)C1. The highest BCUT2D eigenvalue weighted by atomic mass is 16.2. The van der Waals surface area contributed by atoms with E-state index in [4.69, 9.17) is 5.73 Å². The lowest BCUT2D eigenvalue weighted by Gasteiger charge is -2.24. The second-order valence-corrected chi connectivity index (χ2v) is 7.81. The van der Waals surface area contributed by atoms with Crippen molar-refractivity contribution in [1.82, 2.24) is 24.8 Å². The number of likely N-dealkylation sites (tertiary alicyclic amines) is 1. The number of nitrogens with zero attached hydrogens (tertiary/aromatic N) is 4. The van der Waals surface area contributed by atoms with Gasteiger partial charge in [0, 0.05) is 48.8 Å². The van der Waals surface area contributed by atoms with Crippen LogP contribution in [0, 0.1) is 0 Å². The molecule has 4 rings (SSSR count). The number of carbonyl (C=O) groups is 1. The number of hydrogen-bond acceptors (Lipinski definition) is 5. The lowest BCUT2D eigenvalue weighted by Crippen LogP contribution is -2.36. The van der Waals surface area contributed by atoms with Crippen LogP contribution in [-0.2, 0) is 17.8 Å². The van der Waals surface area contributed by atoms with Gasteiger partial charge in [-0.25, -0.2) is 9.97 Å². The number of likely N-dealkylation sites (N-methyl/N-ethyl adjacent to an activating group) is 1. The van der Waals surface area contributed by atoms with Gasteiger partial charge < -0.3 is 15.6 Å². The molecule has 29 heavy (non-hydrogen) atoms. The van der Waals surface area contributed by atoms with E-state index in [2.05, 4.69) is 51.3 Å². The molecule has 7 nitrogen and oxygen atoms in total. The van der Waals surface area contributed by atoms with Crippen molar-refractivity contribution in [1.29, 1.82) is 0 Å². The number of amides is 1. The van der Waals surface area contributed by atoms with E-state index in [-0.39, 0.29) is 5.91 Å². The number of anilines is 1. The number of hydrogen-bond donors (Lipinski definition) is 2. The van der Waals surface area contributed by atoms with Gasteiger partial charge in [0.2, 0.25) is 5.91 Å². The molecule has 152 valence electrons. The highest BCUT2D eigenvalue weighted by molar-refractivity contribution is 5.83. The third-order valence-corrected chi connectivity index (χ3v) is 5.77. The highest BCUT2D eigenvalue weighted by Crippen LogP contribution is 2.21. The molecule has 1 aliphatic rings. The molecule has 1 amide bonds. The van der Waals surface area contributed by atoms with Crippen LogP contribution in [0.2, 0.25) is 0 Å². The first kappa shape index (κ1) is 19.4. The molecule has 3 heterocycles. The first-order chi connectivity index (χ1) is 14.1. The van der Waals surface area contributed by atoms with Crippen molar-refractivity contribution in [3.8, 4) is 0 Å². The molecule has 7 heteroatoms. The summed E-state index contributed by atoms with van der Waals surface area (Å²) in [7, 11) is 2.06. The zero-order valence-corrected chi connectivity index (χ0v) is 16.8. The molecule has 3 N–H and O–H groups in total. The van der Waals surface area contributed by atoms with Crippen LogP contribution in [0.25, 0.3) is 10.9 Å². The van der Waals surface area contributed by atoms with Crippen LogP contribution in [0.3, 0.4) is 0 Å². The molecule has 0 saturated carbocycles. The Bertz CT molecular complexity index is 984. The molecule has 0 spiro atoms. The maximum absolute atomic E-state index is 12.7. The van der Waals surface area contributed by atoms with E-state index in [0.717, 1.165) is 43.7 Å². The molecule has 1 fully saturated rings. The largest absolute Gasteiger partial charge is 0.384 e. The van der Waals surface area contributed by atoms with Gasteiger partial charge in [0.15, 0.2) is 0 Å². The molecule has 1 saturated heterocycles. The normalized spacial score (nSPS) is 16.8. The minimum Gasteiger partial charge on any atom is -0.384 e. The van der Waals surface area contributed by atoms with Crippen molar-refractivity contribution in [2.24, 2.45) is 0 Å². The number of rotatable bonds is 7. The van der Waals surface area contributed by atoms with Crippen LogP contribution >= 0.6 is 0 Å². The fourth-order valence-corrected chi connectivity index (χ4v) is 4.10. The summed E-state index contributed by atoms with van der Waals surface area (Å²) in [6, 6.07) is 10.3. The summed E-state index contributed by atoms with van der Waals surface area (Å²) >= 11 is 0. The number of aromatic nitrogens is 3. The van der Waals surface area contributed by atoms with E-state index in [9.17, 15) is 4.79 Å². The maximum atomic E-state index is 12.7. The summed E-state index contributed by atoms with van der Waals surface area (Å²) in [5, 5.41) is 1.26. The first-order valence-electron chi connectivity index (χ1n) is 10.2. The fraction of sp³-hybridized carbons (Fsp3) is 0.409. The van der Waals surface area contributed by atoms with Gasteiger partial charge in [-0.15, -0.1) is 0 Å². The molecule has 1 atom stereocenters. The van der Waals surface area contributed by atoms with Crippen molar-refractivity contribution < 1.29 is 4.79 Å². The van der Waals surface area contributed by atoms with Crippen molar-refractivity contribution in [2.75, 3.05) is 25.9 Å². The zero-order chi connectivity index (χ0) is 20.2. The van der Waals surface area contributed by atoms with Crippen LogP contribution in [0.1, 0.15) is 30.7 Å². The number of carbonyl (C=O) groups excluding carboxylic acids is 1. The number of aryl methyl sites for hydroxylation is 1. The molecule has 0 radical (unpaired) electrons. The minimum absolute atomic E-state index is 0.251. The molecule has 1 aliphatic heterocycles. The van der Waals surface area contributed by atoms with Gasteiger partial charge in [0.1, 0.15) is 11.6 Å². The van der Waals surface area contributed by atoms with Gasteiger partial charge in [-0.05, 0) is 44.0 Å². The summed E-state index contributed by atoms with van der Waals surface area (Å²) in [4.78, 5) is 28.7. The average molecular weight is 393 g/mol. The second-order valence-electron chi connectivity index (χ2n) is 7.81. The smallest absolute Gasteiger partial charge is 0.222 e. The number of para-hydroxylation sites is 1. The number of fused-ring (bicyclic) bond motifs is 1. The Kier molecular flexibility index (Phi) is 5.76. The van der Waals surface area contributed by atoms with E-state index in [0.29, 0.717) is 24.8 Å². The number of aromatic amines is 1. The average Bonchev–Trinajstić information content (AvgIpc) is 3.36. The summed E-state index contributed by atoms with van der Waals surface area (Å²) in [5.74, 6) is 1.46. The number of benzene rings is 1. The Morgan fingerprint density at radius 1 is 1.34 bits per heavy atom. The Labute approximate surface area is 170 Å². The van der Waals surface area contributed by atoms with Gasteiger partial charge >= 0.3 is 0 Å². The first-order valence-corrected chi connectivity index (χ1v) is 10.2. The van der Waals surface area contributed by atoms with Gasteiger partial charge in [-0.1, -0.05) is 18.2 Å². The molecular formula is C22H28N6O. The molecule has 1 aromatic carbocycles. The zero-order valence-electron chi connectivity index (χ0n) is 16.8. The lowest BCUT2D eigenvalue weighted by atomic mass is 10.1. The number of nitrogens with two attached hydrogens (primary N) is 1. The van der Waals surface area contributed by atoms with Crippen molar-refractivity contribution in [3.63, 3.8) is 0 Å². The predicted octanol–water partition coefficient (Wildman–Crippen LogP) is 2.60. The lowest BCUT2D eigenvalue weighted by molar-refractivity contribution is -0.130. The van der Waals surface area contributed by atoms with Crippen molar-refractivity contribution in [2.45, 2.75) is 38.3 Å². The monoisotopic (exact) mass is 392 g/mol. The minimum atomic E-state index is 0.251. The Balaban J connectivity index is 1.25. The maximum Gasteiger partial charge on any atom is 0.222 e. The summed E-state index contributed by atoms with van der Waals surface area (Å²) in [5.41, 5.74) is 8.18. The number of H-pyrrole nitrogens is 1. The Morgan fingerprint density at radius 3 is 3.07 bits per heavy atom. The van der Waals surface area contributed by atoms with Gasteiger partial charge in [0.25, 0.3) is 0 Å². The van der Waals surface area contributed by atoms with E-state index in [1.54, 1.807) is 12.3 Å². The van der Waals surface area contributed by atoms with Crippen molar-refractivity contribution in [3.05, 3.63) is 54.1 Å². The van der Waals surface area contributed by atoms with Gasteiger partial charge in [0.05, 0.1) is 6.54 Å². The van der Waals surface area contributed by atoms with E-state index < -0.39 is 0 Å². The topological polar surface area (TPSA) is 91.1 Å². The molecule has 3 aromatic rings. The van der Waals surface area contributed by atoms with Gasteiger partial charge in [-0.2, -0.15) is 0 Å². The van der Waals surface area contributed by atoms with Crippen LogP contribution in [-0.4, -0.2) is 56.8 Å². The second kappa shape index (κ2) is 8.61. The Morgan fingerprint density at radius 2 is 2.21 bits per heavy atom. The number of nitrogens with one attached hydrogen (secondary N) is 1. The van der Waals surface area contributed by atoms with Crippen LogP contribution in [0.4, 0.5) is 5.82 Å². The molecule has 0 unspecified atom stereocenters.